The fraction of sp³-hybridized carbons (Fsp3) is 0.400. The molecule has 7 heteroatoms. The molecule has 2 aromatic carbocycles. The minimum atomic E-state index is -1.24. The molecule has 0 saturated carbocycles. The summed E-state index contributed by atoms with van der Waals surface area (Å²) in [4.78, 5) is 0. The smallest absolute Gasteiger partial charge is 0.229 e. The van der Waals surface area contributed by atoms with E-state index in [4.69, 9.17) is 18.9 Å². The van der Waals surface area contributed by atoms with Crippen LogP contribution in [0.15, 0.2) is 54.6 Å². The number of rotatable bonds is 7. The second-order valence-electron chi connectivity index (χ2n) is 6.26. The van der Waals surface area contributed by atoms with Crippen LogP contribution in [0.1, 0.15) is 5.56 Å². The molecule has 146 valence electrons. The van der Waals surface area contributed by atoms with E-state index in [2.05, 4.69) is 0 Å². The molecule has 0 bridgehead atoms. The van der Waals surface area contributed by atoms with Crippen LogP contribution in [0.5, 0.6) is 11.5 Å². The zero-order valence-electron chi connectivity index (χ0n) is 15.0. The maximum absolute atomic E-state index is 10.6. The van der Waals surface area contributed by atoms with Gasteiger partial charge >= 0.3 is 0 Å². The van der Waals surface area contributed by atoms with Crippen molar-refractivity contribution < 1.29 is 34.3 Å². The summed E-state index contributed by atoms with van der Waals surface area (Å²) in [5.74, 6) is 1.12. The van der Waals surface area contributed by atoms with Crippen molar-refractivity contribution in [2.45, 2.75) is 37.3 Å². The van der Waals surface area contributed by atoms with Gasteiger partial charge in [0.25, 0.3) is 0 Å². The number of methoxy groups -OCH3 is 1. The summed E-state index contributed by atoms with van der Waals surface area (Å²) in [6, 6.07) is 16.2. The SMILES string of the molecule is COc1ccc(O[C@@H]2O[C@H](CO)[C@@H](O)[C@H](OCc3ccccc3)[C@H]2O)cc1. The Bertz CT molecular complexity index is 691. The topological polar surface area (TPSA) is 97.6 Å². The predicted molar refractivity (Wildman–Crippen MR) is 96.4 cm³/mol. The number of hydrogen-bond acceptors (Lipinski definition) is 7. The normalized spacial score (nSPS) is 27.9. The maximum Gasteiger partial charge on any atom is 0.229 e. The second-order valence-corrected chi connectivity index (χ2v) is 6.26. The van der Waals surface area contributed by atoms with Gasteiger partial charge in [-0.15, -0.1) is 0 Å². The molecule has 0 radical (unpaired) electrons. The number of ether oxygens (including phenoxy) is 4. The first-order chi connectivity index (χ1) is 13.1. The van der Waals surface area contributed by atoms with E-state index in [1.165, 1.54) is 0 Å². The van der Waals surface area contributed by atoms with E-state index >= 15 is 0 Å². The molecule has 0 aromatic heterocycles. The van der Waals surface area contributed by atoms with Crippen molar-refractivity contribution in [2.24, 2.45) is 0 Å². The van der Waals surface area contributed by atoms with Crippen molar-refractivity contribution in [1.82, 2.24) is 0 Å². The van der Waals surface area contributed by atoms with E-state index in [0.717, 1.165) is 5.56 Å². The van der Waals surface area contributed by atoms with Gasteiger partial charge in [-0.05, 0) is 29.8 Å². The van der Waals surface area contributed by atoms with Gasteiger partial charge in [0.1, 0.15) is 35.9 Å². The van der Waals surface area contributed by atoms with E-state index in [-0.39, 0.29) is 6.61 Å². The van der Waals surface area contributed by atoms with Gasteiger partial charge < -0.3 is 34.3 Å². The van der Waals surface area contributed by atoms with Gasteiger partial charge in [-0.2, -0.15) is 0 Å². The van der Waals surface area contributed by atoms with Crippen molar-refractivity contribution in [3.8, 4) is 11.5 Å². The summed E-state index contributed by atoms with van der Waals surface area (Å²) < 4.78 is 22.1. The van der Waals surface area contributed by atoms with E-state index in [9.17, 15) is 15.3 Å². The van der Waals surface area contributed by atoms with Crippen molar-refractivity contribution in [3.63, 3.8) is 0 Å². The van der Waals surface area contributed by atoms with Gasteiger partial charge in [-0.3, -0.25) is 0 Å². The van der Waals surface area contributed by atoms with E-state index in [1.807, 2.05) is 30.3 Å². The maximum atomic E-state index is 10.6. The summed E-state index contributed by atoms with van der Waals surface area (Å²) in [7, 11) is 1.56. The van der Waals surface area contributed by atoms with E-state index in [0.29, 0.717) is 11.5 Å². The Hall–Kier alpha value is -2.16. The molecule has 0 aliphatic carbocycles. The molecule has 7 nitrogen and oxygen atoms in total. The first kappa shape index (κ1) is 19.6. The van der Waals surface area contributed by atoms with Crippen LogP contribution in [0.3, 0.4) is 0 Å². The van der Waals surface area contributed by atoms with Gasteiger partial charge in [0.15, 0.2) is 0 Å². The second kappa shape index (κ2) is 9.16. The minimum Gasteiger partial charge on any atom is -0.497 e. The molecule has 1 fully saturated rings. The first-order valence-corrected chi connectivity index (χ1v) is 8.71. The molecule has 2 aromatic rings. The molecule has 1 saturated heterocycles. The fourth-order valence-corrected chi connectivity index (χ4v) is 2.90. The van der Waals surface area contributed by atoms with E-state index < -0.39 is 37.3 Å². The molecule has 0 unspecified atom stereocenters. The average Bonchev–Trinajstić information content (AvgIpc) is 2.71. The van der Waals surface area contributed by atoms with Crippen LogP contribution in [0.25, 0.3) is 0 Å². The summed E-state index contributed by atoms with van der Waals surface area (Å²) >= 11 is 0. The van der Waals surface area contributed by atoms with Crippen LogP contribution >= 0.6 is 0 Å². The molecule has 1 heterocycles. The number of benzene rings is 2. The van der Waals surface area contributed by atoms with Crippen LogP contribution in [0.2, 0.25) is 0 Å². The van der Waals surface area contributed by atoms with Crippen LogP contribution in [0, 0.1) is 0 Å². The lowest BCUT2D eigenvalue weighted by Crippen LogP contribution is -2.60. The van der Waals surface area contributed by atoms with Gasteiger partial charge in [0.2, 0.25) is 6.29 Å². The summed E-state index contributed by atoms with van der Waals surface area (Å²) in [5.41, 5.74) is 0.900. The molecular weight excluding hydrogens is 352 g/mol. The molecule has 3 N–H and O–H groups in total. The summed E-state index contributed by atoms with van der Waals surface area (Å²) in [6.45, 7) is -0.228. The molecule has 3 rings (SSSR count). The predicted octanol–water partition coefficient (Wildman–Crippen LogP) is 1.10. The largest absolute Gasteiger partial charge is 0.497 e. The van der Waals surface area contributed by atoms with Crippen LogP contribution in [0.4, 0.5) is 0 Å². The Morgan fingerprint density at radius 1 is 0.926 bits per heavy atom. The minimum absolute atomic E-state index is 0.201. The third-order valence-electron chi connectivity index (χ3n) is 4.42. The van der Waals surface area contributed by atoms with E-state index in [1.54, 1.807) is 31.4 Å². The van der Waals surface area contributed by atoms with Crippen molar-refractivity contribution >= 4 is 0 Å². The summed E-state index contributed by atoms with van der Waals surface area (Å²) in [5, 5.41) is 30.5. The van der Waals surface area contributed by atoms with Crippen LogP contribution < -0.4 is 9.47 Å². The molecule has 5 atom stereocenters. The highest BCUT2D eigenvalue weighted by molar-refractivity contribution is 5.31. The Balaban J connectivity index is 1.70. The molecule has 1 aliphatic rings. The molecule has 0 spiro atoms. The summed E-state index contributed by atoms with van der Waals surface area (Å²) in [6.07, 6.45) is -5.44. The van der Waals surface area contributed by atoms with Gasteiger partial charge in [-0.1, -0.05) is 30.3 Å². The standard InChI is InChI=1S/C20H24O7/c1-24-14-7-9-15(10-8-14)26-20-18(23)19(17(22)16(11-21)27-20)25-12-13-5-3-2-4-6-13/h2-10,16-23H,11-12H2,1H3/t16-,17-,18-,19+,20-/m1/s1. The highest BCUT2D eigenvalue weighted by atomic mass is 16.7. The Morgan fingerprint density at radius 2 is 1.59 bits per heavy atom. The molecule has 0 amide bonds. The van der Waals surface area contributed by atoms with Crippen molar-refractivity contribution in [2.75, 3.05) is 13.7 Å². The molecule has 1 aliphatic heterocycles. The molecular formula is C20H24O7. The van der Waals surface area contributed by atoms with Crippen LogP contribution in [-0.2, 0) is 16.1 Å². The third kappa shape index (κ3) is 4.77. The van der Waals surface area contributed by atoms with Crippen molar-refractivity contribution in [3.05, 3.63) is 60.2 Å². The fourth-order valence-electron chi connectivity index (χ4n) is 2.90. The number of aliphatic hydroxyl groups is 3. The monoisotopic (exact) mass is 376 g/mol. The lowest BCUT2D eigenvalue weighted by molar-refractivity contribution is -0.287. The average molecular weight is 376 g/mol. The highest BCUT2D eigenvalue weighted by Gasteiger charge is 2.46. The van der Waals surface area contributed by atoms with Gasteiger partial charge in [0, 0.05) is 0 Å². The quantitative estimate of drug-likeness (QED) is 0.666. The van der Waals surface area contributed by atoms with Gasteiger partial charge in [-0.25, -0.2) is 0 Å². The molecule has 27 heavy (non-hydrogen) atoms. The number of aliphatic hydroxyl groups excluding tert-OH is 3. The Kier molecular flexibility index (Phi) is 6.65. The lowest BCUT2D eigenvalue weighted by Gasteiger charge is -2.41. The van der Waals surface area contributed by atoms with Crippen LogP contribution in [-0.4, -0.2) is 59.7 Å². The Morgan fingerprint density at radius 3 is 2.22 bits per heavy atom. The lowest BCUT2D eigenvalue weighted by atomic mass is 9.99. The zero-order valence-corrected chi connectivity index (χ0v) is 15.0. The number of hydrogen-bond donors (Lipinski definition) is 3. The van der Waals surface area contributed by atoms with Gasteiger partial charge in [0.05, 0.1) is 20.3 Å². The Labute approximate surface area is 157 Å². The third-order valence-corrected chi connectivity index (χ3v) is 4.42. The first-order valence-electron chi connectivity index (χ1n) is 8.71. The highest BCUT2D eigenvalue weighted by Crippen LogP contribution is 2.27. The van der Waals surface area contributed by atoms with Crippen molar-refractivity contribution in [1.29, 1.82) is 0 Å². The zero-order chi connectivity index (χ0) is 19.2.